The molecule has 13 heteroatoms. The molecule has 4 aromatic rings. The second-order valence-corrected chi connectivity index (χ2v) is 9.12. The standard InChI is InChI=1S/C26H18O13/c1-7-3-8-4-10-20(18(31)12(8)25(35)37-7)38-26(24(34)21(10)36-2)23(33)15-17(30)13-11(28)5-9(6-27)16(29)14(13)19(32)22(15)39-26/h3-5,21,24,28-34H,1-2H3/t21?,24-,26-/m0/s1. The Morgan fingerprint density at radius 1 is 0.897 bits per heavy atom. The van der Waals surface area contributed by atoms with E-state index in [4.69, 9.17) is 18.6 Å². The number of aromatic hydroxyl groups is 5. The zero-order valence-corrected chi connectivity index (χ0v) is 20.0. The molecule has 200 valence electrons. The minimum atomic E-state index is -2.68. The molecule has 2 aliphatic rings. The number of ether oxygens (including phenoxy) is 3. The van der Waals surface area contributed by atoms with Gasteiger partial charge in [-0.05, 0) is 24.4 Å². The molecule has 3 atom stereocenters. The largest absolute Gasteiger partial charge is 0.507 e. The number of methoxy groups -OCH3 is 1. The molecule has 0 saturated carbocycles. The molecule has 1 spiro atoms. The molecular weight excluding hydrogens is 520 g/mol. The van der Waals surface area contributed by atoms with Crippen LogP contribution in [-0.2, 0) is 9.53 Å². The molecule has 1 aromatic heterocycles. The van der Waals surface area contributed by atoms with Gasteiger partial charge in [-0.3, -0.25) is 0 Å². The van der Waals surface area contributed by atoms with Crippen molar-refractivity contribution >= 4 is 33.2 Å². The first-order valence-electron chi connectivity index (χ1n) is 11.3. The molecule has 3 aromatic carbocycles. The van der Waals surface area contributed by atoms with Crippen LogP contribution >= 0.6 is 0 Å². The number of phenols is 5. The van der Waals surface area contributed by atoms with Crippen LogP contribution in [0.1, 0.15) is 17.4 Å². The molecule has 0 saturated heterocycles. The van der Waals surface area contributed by atoms with Crippen molar-refractivity contribution < 1.29 is 59.2 Å². The first kappa shape index (κ1) is 24.2. The van der Waals surface area contributed by atoms with Crippen LogP contribution in [0.3, 0.4) is 0 Å². The summed E-state index contributed by atoms with van der Waals surface area (Å²) in [7, 11) is 1.21. The van der Waals surface area contributed by atoms with Gasteiger partial charge in [-0.1, -0.05) is 0 Å². The third kappa shape index (κ3) is 2.85. The predicted octanol–water partition coefficient (Wildman–Crippen LogP) is 0.182. The van der Waals surface area contributed by atoms with E-state index in [-0.39, 0.29) is 22.1 Å². The molecule has 13 nitrogen and oxygen atoms in total. The smallest absolute Gasteiger partial charge is 0.347 e. The lowest BCUT2D eigenvalue weighted by Crippen LogP contribution is -2.57. The van der Waals surface area contributed by atoms with Crippen molar-refractivity contribution in [2.75, 3.05) is 7.11 Å². The van der Waals surface area contributed by atoms with Gasteiger partial charge in [-0.25, -0.2) is 9.59 Å². The van der Waals surface area contributed by atoms with Crippen LogP contribution in [0.25, 0.3) is 27.3 Å². The van der Waals surface area contributed by atoms with Crippen LogP contribution in [0.5, 0.6) is 40.2 Å². The van der Waals surface area contributed by atoms with Gasteiger partial charge in [0.25, 0.3) is 0 Å². The van der Waals surface area contributed by atoms with Crippen molar-refractivity contribution in [2.45, 2.75) is 24.9 Å². The summed E-state index contributed by atoms with van der Waals surface area (Å²) in [4.78, 5) is 23.7. The van der Waals surface area contributed by atoms with Crippen molar-refractivity contribution in [3.8, 4) is 40.2 Å². The highest BCUT2D eigenvalue weighted by Crippen LogP contribution is 2.54. The number of carbonyl (C=O) groups excluding carboxylic acids is 1. The fourth-order valence-corrected chi connectivity index (χ4v) is 5.26. The Labute approximate surface area is 215 Å². The van der Waals surface area contributed by atoms with E-state index >= 15 is 0 Å². The fraction of sp³-hybridized carbons (Fsp3) is 0.192. The molecule has 0 bridgehead atoms. The normalized spacial score (nSPS) is 21.5. The summed E-state index contributed by atoms with van der Waals surface area (Å²) in [6.45, 7) is 1.52. The second kappa shape index (κ2) is 7.71. The van der Waals surface area contributed by atoms with Crippen molar-refractivity contribution in [3.05, 3.63) is 50.4 Å². The van der Waals surface area contributed by atoms with Crippen LogP contribution in [-0.4, -0.2) is 60.7 Å². The number of hydrogen-bond donors (Lipinski definition) is 7. The molecule has 39 heavy (non-hydrogen) atoms. The van der Waals surface area contributed by atoms with E-state index in [1.54, 1.807) is 0 Å². The predicted molar refractivity (Wildman–Crippen MR) is 129 cm³/mol. The van der Waals surface area contributed by atoms with Gasteiger partial charge in [-0.2, -0.15) is 0 Å². The zero-order valence-electron chi connectivity index (χ0n) is 20.0. The number of hydrogen-bond acceptors (Lipinski definition) is 13. The SMILES string of the molecule is COC1c2cc3cc(C)oc(=O)c3c(O)c2O[C@@]2(Oc3c(O)c4c(O)c(=C=O)cc(O)c4c(O)c3=C2O)[C@H]1O. The summed E-state index contributed by atoms with van der Waals surface area (Å²) in [5.74, 6) is -7.42. The molecule has 7 N–H and O–H groups in total. The second-order valence-electron chi connectivity index (χ2n) is 9.12. The van der Waals surface area contributed by atoms with E-state index in [2.05, 4.69) is 0 Å². The van der Waals surface area contributed by atoms with E-state index in [1.165, 1.54) is 32.1 Å². The van der Waals surface area contributed by atoms with Gasteiger partial charge in [0.2, 0.25) is 0 Å². The van der Waals surface area contributed by atoms with Crippen molar-refractivity contribution in [3.63, 3.8) is 0 Å². The van der Waals surface area contributed by atoms with Gasteiger partial charge in [0, 0.05) is 18.7 Å². The fourth-order valence-electron chi connectivity index (χ4n) is 5.26. The maximum absolute atomic E-state index is 12.5. The van der Waals surface area contributed by atoms with Crippen molar-refractivity contribution in [1.82, 2.24) is 0 Å². The number of benzene rings is 3. The van der Waals surface area contributed by atoms with Gasteiger partial charge in [0.15, 0.2) is 34.9 Å². The van der Waals surface area contributed by atoms with Gasteiger partial charge in [0.05, 0.1) is 10.8 Å². The maximum Gasteiger partial charge on any atom is 0.347 e. The summed E-state index contributed by atoms with van der Waals surface area (Å²) >= 11 is 0. The molecule has 3 heterocycles. The number of aryl methyl sites for hydroxylation is 1. The lowest BCUT2D eigenvalue weighted by molar-refractivity contribution is -0.202. The Balaban J connectivity index is 1.68. The molecule has 0 amide bonds. The van der Waals surface area contributed by atoms with E-state index in [0.717, 1.165) is 6.07 Å². The summed E-state index contributed by atoms with van der Waals surface area (Å²) in [5, 5.41) is 74.2. The Hall–Kier alpha value is -5.10. The van der Waals surface area contributed by atoms with Gasteiger partial charge >= 0.3 is 11.4 Å². The summed E-state index contributed by atoms with van der Waals surface area (Å²) in [6, 6.07) is 3.66. The Morgan fingerprint density at radius 2 is 1.56 bits per heavy atom. The highest BCUT2D eigenvalue weighted by Gasteiger charge is 2.60. The van der Waals surface area contributed by atoms with E-state index in [9.17, 15) is 45.3 Å². The van der Waals surface area contributed by atoms with Crippen LogP contribution < -0.4 is 25.5 Å². The molecule has 0 radical (unpaired) electrons. The number of phenolic OH excluding ortho intramolecular Hbond substituents is 5. The average molecular weight is 538 g/mol. The molecule has 2 aliphatic heterocycles. The highest BCUT2D eigenvalue weighted by atomic mass is 16.7. The van der Waals surface area contributed by atoms with Gasteiger partial charge in [-0.15, -0.1) is 0 Å². The topological polar surface area (TPSA) is 217 Å². The van der Waals surface area contributed by atoms with E-state index in [0.29, 0.717) is 0 Å². The van der Waals surface area contributed by atoms with Crippen LogP contribution in [0.15, 0.2) is 27.4 Å². The lowest BCUT2D eigenvalue weighted by atomic mass is 9.90. The van der Waals surface area contributed by atoms with Crippen LogP contribution in [0, 0.1) is 6.92 Å². The molecule has 0 fully saturated rings. The number of aliphatic hydroxyl groups excluding tert-OH is 2. The molecule has 0 aliphatic carbocycles. The van der Waals surface area contributed by atoms with Gasteiger partial charge in [0.1, 0.15) is 50.9 Å². The Bertz CT molecular complexity index is 1990. The van der Waals surface area contributed by atoms with Crippen molar-refractivity contribution in [2.24, 2.45) is 0 Å². The summed E-state index contributed by atoms with van der Waals surface area (Å²) in [6.07, 6.45) is -3.30. The number of aliphatic hydroxyl groups is 2. The lowest BCUT2D eigenvalue weighted by Gasteiger charge is -2.42. The summed E-state index contributed by atoms with van der Waals surface area (Å²) < 4.78 is 22.0. The van der Waals surface area contributed by atoms with E-state index in [1.807, 2.05) is 0 Å². The highest BCUT2D eigenvalue weighted by molar-refractivity contribution is 6.04. The summed E-state index contributed by atoms with van der Waals surface area (Å²) in [5.41, 5.74) is -0.833. The first-order chi connectivity index (χ1) is 18.5. The number of fused-ring (bicyclic) bond motifs is 4. The number of rotatable bonds is 1. The quantitative estimate of drug-likeness (QED) is 0.161. The average Bonchev–Trinajstić information content (AvgIpc) is 3.18. The monoisotopic (exact) mass is 538 g/mol. The third-order valence-corrected chi connectivity index (χ3v) is 6.98. The Morgan fingerprint density at radius 3 is 2.23 bits per heavy atom. The van der Waals surface area contributed by atoms with Crippen LogP contribution in [0.4, 0.5) is 0 Å². The van der Waals surface area contributed by atoms with E-state index < -0.39 is 90.8 Å². The minimum absolute atomic E-state index is 0.0676. The molecule has 1 unspecified atom stereocenters. The molecular formula is C26H18O13. The van der Waals surface area contributed by atoms with Crippen molar-refractivity contribution in [1.29, 1.82) is 0 Å². The zero-order chi connectivity index (χ0) is 28.1. The minimum Gasteiger partial charge on any atom is -0.507 e. The third-order valence-electron chi connectivity index (χ3n) is 6.98. The van der Waals surface area contributed by atoms with Gasteiger partial charge < -0.3 is 54.4 Å². The van der Waals surface area contributed by atoms with Crippen LogP contribution in [0.2, 0.25) is 0 Å². The maximum atomic E-state index is 12.5. The Kier molecular flexibility index (Phi) is 4.79. The molecule has 6 rings (SSSR count). The first-order valence-corrected chi connectivity index (χ1v) is 11.3.